The van der Waals surface area contributed by atoms with Crippen LogP contribution in [0.25, 0.3) is 0 Å². The summed E-state index contributed by atoms with van der Waals surface area (Å²) in [5, 5.41) is 0. The van der Waals surface area contributed by atoms with Crippen molar-refractivity contribution in [3.8, 4) is 0 Å². The van der Waals surface area contributed by atoms with Gasteiger partial charge in [0, 0.05) is 19.6 Å². The maximum absolute atomic E-state index is 13.2. The Morgan fingerprint density at radius 3 is 2.43 bits per heavy atom. The summed E-state index contributed by atoms with van der Waals surface area (Å²) in [6, 6.07) is 9.04. The van der Waals surface area contributed by atoms with E-state index >= 15 is 0 Å². The highest BCUT2D eigenvalue weighted by molar-refractivity contribution is 5.87. The molecule has 2 heterocycles. The van der Waals surface area contributed by atoms with E-state index in [-0.39, 0.29) is 24.4 Å². The number of nitrogens with zero attached hydrogens (tertiary/aromatic N) is 2. The number of esters is 1. The SMILES string of the molecule is CC(C)(C)OC(=O)N1CCC[C@H]1C(=O)N1CCCC(C(=O)OCc2ccccc2)C1. The summed E-state index contributed by atoms with van der Waals surface area (Å²) in [7, 11) is 0. The molecule has 30 heavy (non-hydrogen) atoms. The lowest BCUT2D eigenvalue weighted by atomic mass is 9.97. The smallest absolute Gasteiger partial charge is 0.410 e. The van der Waals surface area contributed by atoms with E-state index in [0.29, 0.717) is 32.5 Å². The van der Waals surface area contributed by atoms with Gasteiger partial charge in [-0.05, 0) is 52.0 Å². The van der Waals surface area contributed by atoms with Gasteiger partial charge in [0.25, 0.3) is 0 Å². The minimum atomic E-state index is -0.605. The summed E-state index contributed by atoms with van der Waals surface area (Å²) in [6.45, 7) is 7.13. The summed E-state index contributed by atoms with van der Waals surface area (Å²) < 4.78 is 10.9. The van der Waals surface area contributed by atoms with E-state index in [1.165, 1.54) is 4.90 Å². The molecule has 3 rings (SSSR count). The van der Waals surface area contributed by atoms with Gasteiger partial charge in [-0.25, -0.2) is 4.79 Å². The van der Waals surface area contributed by atoms with Crippen LogP contribution in [-0.4, -0.2) is 59.0 Å². The van der Waals surface area contributed by atoms with E-state index in [1.807, 2.05) is 51.1 Å². The summed E-state index contributed by atoms with van der Waals surface area (Å²) >= 11 is 0. The number of ether oxygens (including phenoxy) is 2. The van der Waals surface area contributed by atoms with Crippen molar-refractivity contribution >= 4 is 18.0 Å². The van der Waals surface area contributed by atoms with Crippen LogP contribution in [0, 0.1) is 5.92 Å². The van der Waals surface area contributed by atoms with Gasteiger partial charge in [0.15, 0.2) is 0 Å². The zero-order chi connectivity index (χ0) is 21.7. The predicted molar refractivity (Wildman–Crippen MR) is 112 cm³/mol. The Morgan fingerprint density at radius 1 is 1.03 bits per heavy atom. The number of hydrogen-bond donors (Lipinski definition) is 0. The molecule has 0 spiro atoms. The monoisotopic (exact) mass is 416 g/mol. The Kier molecular flexibility index (Phi) is 7.00. The van der Waals surface area contributed by atoms with E-state index in [4.69, 9.17) is 9.47 Å². The highest BCUT2D eigenvalue weighted by atomic mass is 16.6. The molecule has 0 N–H and O–H groups in total. The number of likely N-dealkylation sites (tertiary alicyclic amines) is 2. The molecule has 0 saturated carbocycles. The third kappa shape index (κ3) is 5.74. The molecule has 7 heteroatoms. The van der Waals surface area contributed by atoms with Crippen LogP contribution in [-0.2, 0) is 25.7 Å². The van der Waals surface area contributed by atoms with Gasteiger partial charge in [-0.3, -0.25) is 14.5 Å². The minimum Gasteiger partial charge on any atom is -0.461 e. The number of rotatable bonds is 4. The first-order valence-electron chi connectivity index (χ1n) is 10.7. The van der Waals surface area contributed by atoms with Crippen molar-refractivity contribution in [2.45, 2.75) is 64.7 Å². The summed E-state index contributed by atoms with van der Waals surface area (Å²) in [5.74, 6) is -0.700. The molecule has 2 aliphatic heterocycles. The van der Waals surface area contributed by atoms with E-state index in [9.17, 15) is 14.4 Å². The molecule has 2 saturated heterocycles. The second-order valence-electron chi connectivity index (χ2n) is 9.05. The van der Waals surface area contributed by atoms with Gasteiger partial charge in [0.2, 0.25) is 5.91 Å². The lowest BCUT2D eigenvalue weighted by Crippen LogP contribution is -2.52. The first-order chi connectivity index (χ1) is 14.2. The molecule has 0 radical (unpaired) electrons. The van der Waals surface area contributed by atoms with Crippen molar-refractivity contribution in [3.05, 3.63) is 35.9 Å². The third-order valence-corrected chi connectivity index (χ3v) is 5.46. The number of carbonyl (C=O) groups is 3. The van der Waals surface area contributed by atoms with E-state index < -0.39 is 17.7 Å². The molecule has 2 amide bonds. The molecule has 2 atom stereocenters. The summed E-state index contributed by atoms with van der Waals surface area (Å²) in [5.41, 5.74) is 0.333. The van der Waals surface area contributed by atoms with Crippen molar-refractivity contribution in [2.75, 3.05) is 19.6 Å². The van der Waals surface area contributed by atoms with Gasteiger partial charge in [0.05, 0.1) is 5.92 Å². The van der Waals surface area contributed by atoms with Crippen LogP contribution in [0.2, 0.25) is 0 Å². The van der Waals surface area contributed by atoms with Crippen LogP contribution in [0.15, 0.2) is 30.3 Å². The summed E-state index contributed by atoms with van der Waals surface area (Å²) in [4.78, 5) is 41.5. The Morgan fingerprint density at radius 2 is 1.73 bits per heavy atom. The van der Waals surface area contributed by atoms with E-state index in [0.717, 1.165) is 18.4 Å². The van der Waals surface area contributed by atoms with Gasteiger partial charge in [-0.1, -0.05) is 30.3 Å². The molecular weight excluding hydrogens is 384 g/mol. The molecule has 164 valence electrons. The average molecular weight is 417 g/mol. The molecule has 1 aromatic rings. The molecule has 0 aromatic heterocycles. The maximum Gasteiger partial charge on any atom is 0.410 e. The molecule has 1 unspecified atom stereocenters. The fourth-order valence-corrected chi connectivity index (χ4v) is 3.99. The highest BCUT2D eigenvalue weighted by Crippen LogP contribution is 2.25. The number of carbonyl (C=O) groups excluding carboxylic acids is 3. The number of piperidine rings is 1. The molecule has 7 nitrogen and oxygen atoms in total. The third-order valence-electron chi connectivity index (χ3n) is 5.46. The Bertz CT molecular complexity index is 759. The normalized spacial score (nSPS) is 22.0. The molecule has 2 fully saturated rings. The predicted octanol–water partition coefficient (Wildman–Crippen LogP) is 3.37. The van der Waals surface area contributed by atoms with Crippen LogP contribution < -0.4 is 0 Å². The lowest BCUT2D eigenvalue weighted by Gasteiger charge is -2.35. The standard InChI is InChI=1S/C23H32N2O5/c1-23(2,3)30-22(28)25-14-8-12-19(25)20(26)24-13-7-11-18(15-24)21(27)29-16-17-9-5-4-6-10-17/h4-6,9-10,18-19H,7-8,11-16H2,1-3H3/t18?,19-/m0/s1. The van der Waals surface area contributed by atoms with Crippen LogP contribution in [0.3, 0.4) is 0 Å². The Labute approximate surface area is 178 Å². The highest BCUT2D eigenvalue weighted by Gasteiger charge is 2.40. The van der Waals surface area contributed by atoms with Crippen molar-refractivity contribution in [1.29, 1.82) is 0 Å². The quantitative estimate of drug-likeness (QED) is 0.704. The average Bonchev–Trinajstić information content (AvgIpc) is 3.21. The first kappa shape index (κ1) is 22.1. The van der Waals surface area contributed by atoms with Crippen LogP contribution in [0.5, 0.6) is 0 Å². The Balaban J connectivity index is 1.56. The molecule has 0 aliphatic carbocycles. The van der Waals surface area contributed by atoms with Crippen molar-refractivity contribution < 1.29 is 23.9 Å². The van der Waals surface area contributed by atoms with Crippen LogP contribution in [0.1, 0.15) is 52.0 Å². The minimum absolute atomic E-state index is 0.0982. The maximum atomic E-state index is 13.2. The van der Waals surface area contributed by atoms with Gasteiger partial charge in [-0.2, -0.15) is 0 Å². The molecule has 0 bridgehead atoms. The number of benzene rings is 1. The number of amides is 2. The topological polar surface area (TPSA) is 76.2 Å². The largest absolute Gasteiger partial charge is 0.461 e. The molecular formula is C23H32N2O5. The van der Waals surface area contributed by atoms with Gasteiger partial charge in [0.1, 0.15) is 18.2 Å². The van der Waals surface area contributed by atoms with Crippen molar-refractivity contribution in [1.82, 2.24) is 9.80 Å². The fourth-order valence-electron chi connectivity index (χ4n) is 3.99. The lowest BCUT2D eigenvalue weighted by molar-refractivity contribution is -0.153. The zero-order valence-electron chi connectivity index (χ0n) is 18.1. The zero-order valence-corrected chi connectivity index (χ0v) is 18.1. The fraction of sp³-hybridized carbons (Fsp3) is 0.609. The van der Waals surface area contributed by atoms with E-state index in [1.54, 1.807) is 4.90 Å². The molecule has 2 aliphatic rings. The van der Waals surface area contributed by atoms with Crippen LogP contribution >= 0.6 is 0 Å². The number of hydrogen-bond acceptors (Lipinski definition) is 5. The van der Waals surface area contributed by atoms with Crippen LogP contribution in [0.4, 0.5) is 4.79 Å². The second kappa shape index (κ2) is 9.49. The van der Waals surface area contributed by atoms with Crippen molar-refractivity contribution in [2.24, 2.45) is 5.92 Å². The van der Waals surface area contributed by atoms with Gasteiger partial charge >= 0.3 is 12.1 Å². The van der Waals surface area contributed by atoms with E-state index in [2.05, 4.69) is 0 Å². The van der Waals surface area contributed by atoms with Gasteiger partial charge in [-0.15, -0.1) is 0 Å². The Hall–Kier alpha value is -2.57. The van der Waals surface area contributed by atoms with Gasteiger partial charge < -0.3 is 14.4 Å². The first-order valence-corrected chi connectivity index (χ1v) is 10.7. The second-order valence-corrected chi connectivity index (χ2v) is 9.05. The van der Waals surface area contributed by atoms with Crippen molar-refractivity contribution in [3.63, 3.8) is 0 Å². The summed E-state index contributed by atoms with van der Waals surface area (Å²) in [6.07, 6.45) is 2.39. The molecule has 1 aromatic carbocycles.